The molecule has 1 saturated heterocycles. The van der Waals surface area contributed by atoms with Gasteiger partial charge in [0.1, 0.15) is 11.8 Å². The first kappa shape index (κ1) is 33.3. The first-order chi connectivity index (χ1) is 20.1. The van der Waals surface area contributed by atoms with E-state index in [1.54, 1.807) is 12.1 Å². The maximum Gasteiger partial charge on any atom is 0.243 e. The number of hydrogen-bond donors (Lipinski definition) is 1. The van der Waals surface area contributed by atoms with Crippen molar-refractivity contribution in [2.45, 2.75) is 75.5 Å². The molecular formula is C31H42N3O7S-. The Morgan fingerprint density at radius 2 is 1.86 bits per heavy atom. The van der Waals surface area contributed by atoms with Crippen LogP contribution in [0.4, 0.5) is 4.79 Å². The number of hydrogen-bond acceptors (Lipinski definition) is 8. The molecule has 0 saturated carbocycles. The van der Waals surface area contributed by atoms with Gasteiger partial charge in [0.05, 0.1) is 42.9 Å². The van der Waals surface area contributed by atoms with Gasteiger partial charge in [-0.3, -0.25) is 0 Å². The van der Waals surface area contributed by atoms with Gasteiger partial charge in [0.15, 0.2) is 0 Å². The summed E-state index contributed by atoms with van der Waals surface area (Å²) in [6, 6.07) is 15.8. The zero-order valence-electron chi connectivity index (χ0n) is 24.6. The molecule has 2 aromatic carbocycles. The third-order valence-corrected chi connectivity index (χ3v) is 10.3. The van der Waals surface area contributed by atoms with Crippen molar-refractivity contribution in [2.75, 3.05) is 33.4 Å². The lowest BCUT2D eigenvalue weighted by Crippen LogP contribution is -2.60. The molecule has 1 fully saturated rings. The third kappa shape index (κ3) is 8.22. The van der Waals surface area contributed by atoms with Gasteiger partial charge in [0, 0.05) is 26.1 Å². The normalized spacial score (nSPS) is 17.0. The highest BCUT2D eigenvalue weighted by Gasteiger charge is 2.39. The van der Waals surface area contributed by atoms with Crippen molar-refractivity contribution in [2.24, 2.45) is 5.41 Å². The van der Waals surface area contributed by atoms with Crippen LogP contribution >= 0.6 is 0 Å². The summed E-state index contributed by atoms with van der Waals surface area (Å²) >= 11 is 0. The van der Waals surface area contributed by atoms with Gasteiger partial charge in [-0.2, -0.15) is 9.57 Å². The first-order valence-corrected chi connectivity index (χ1v) is 15.8. The summed E-state index contributed by atoms with van der Waals surface area (Å²) in [6.45, 7) is 4.19. The predicted octanol–water partition coefficient (Wildman–Crippen LogP) is 3.20. The van der Waals surface area contributed by atoms with E-state index >= 15 is 0 Å². The molecule has 11 heteroatoms. The average molecular weight is 601 g/mol. The summed E-state index contributed by atoms with van der Waals surface area (Å²) in [5.41, 5.74) is 0.277. The van der Waals surface area contributed by atoms with Crippen molar-refractivity contribution in [3.8, 4) is 11.8 Å². The number of carboxylic acid groups (broad SMARTS) is 1. The predicted molar refractivity (Wildman–Crippen MR) is 156 cm³/mol. The molecule has 0 aliphatic carbocycles. The Balaban J connectivity index is 2.05. The number of ether oxygens (including phenoxy) is 2. The molecule has 0 radical (unpaired) electrons. The number of nitrogens with zero attached hydrogens (tertiary/aromatic N) is 3. The molecule has 0 aromatic heterocycles. The fourth-order valence-corrected chi connectivity index (χ4v) is 7.22. The van der Waals surface area contributed by atoms with E-state index in [1.807, 2.05) is 44.2 Å². The van der Waals surface area contributed by atoms with Crippen LogP contribution in [0.25, 0.3) is 0 Å². The van der Waals surface area contributed by atoms with Gasteiger partial charge in [0.2, 0.25) is 10.0 Å². The second-order valence-corrected chi connectivity index (χ2v) is 12.8. The van der Waals surface area contributed by atoms with Crippen LogP contribution in [-0.2, 0) is 21.2 Å². The highest BCUT2D eigenvalue weighted by Crippen LogP contribution is 2.35. The Morgan fingerprint density at radius 1 is 1.19 bits per heavy atom. The quantitative estimate of drug-likeness (QED) is 0.309. The monoisotopic (exact) mass is 600 g/mol. The lowest BCUT2D eigenvalue weighted by atomic mass is 9.78. The number of sulfonamides is 1. The lowest BCUT2D eigenvalue weighted by Gasteiger charge is -2.43. The van der Waals surface area contributed by atoms with Crippen molar-refractivity contribution in [3.05, 3.63) is 60.2 Å². The molecule has 1 N–H and O–H groups in total. The van der Waals surface area contributed by atoms with Gasteiger partial charge in [-0.05, 0) is 67.3 Å². The summed E-state index contributed by atoms with van der Waals surface area (Å²) in [5.74, 6) is 0.498. The number of aliphatic hydroxyl groups is 1. The molecule has 42 heavy (non-hydrogen) atoms. The van der Waals surface area contributed by atoms with Crippen LogP contribution in [0.15, 0.2) is 59.5 Å². The van der Waals surface area contributed by atoms with Crippen LogP contribution in [0.5, 0.6) is 5.75 Å². The van der Waals surface area contributed by atoms with Crippen LogP contribution in [0.2, 0.25) is 0 Å². The SMILES string of the molecule is CCC(CC)(CCC#N)CN(C[C@@H](O)[C@H](Cc1ccccc1)N(C(=O)[O-])[C@H]1CCOC1)S(=O)(=O)c1ccc(OC)cc1. The molecule has 0 unspecified atom stereocenters. The number of methoxy groups -OCH3 is 1. The van der Waals surface area contributed by atoms with Crippen LogP contribution in [0, 0.1) is 16.7 Å². The number of amides is 1. The zero-order valence-corrected chi connectivity index (χ0v) is 25.5. The largest absolute Gasteiger partial charge is 0.530 e. The van der Waals surface area contributed by atoms with Gasteiger partial charge in [0.25, 0.3) is 0 Å². The van der Waals surface area contributed by atoms with E-state index in [4.69, 9.17) is 9.47 Å². The Hall–Kier alpha value is -3.17. The maximum atomic E-state index is 14.1. The minimum Gasteiger partial charge on any atom is -0.530 e. The first-order valence-electron chi connectivity index (χ1n) is 14.4. The van der Waals surface area contributed by atoms with Crippen molar-refractivity contribution < 1.29 is 32.9 Å². The van der Waals surface area contributed by atoms with Crippen LogP contribution < -0.4 is 9.84 Å². The summed E-state index contributed by atoms with van der Waals surface area (Å²) in [7, 11) is -2.65. The molecule has 0 spiro atoms. The fourth-order valence-electron chi connectivity index (χ4n) is 5.65. The molecule has 1 aliphatic rings. The van der Waals surface area contributed by atoms with Crippen molar-refractivity contribution in [1.29, 1.82) is 5.26 Å². The molecule has 1 amide bonds. The summed E-state index contributed by atoms with van der Waals surface area (Å²) in [5, 5.41) is 33.6. The lowest BCUT2D eigenvalue weighted by molar-refractivity contribution is -0.272. The molecule has 0 bridgehead atoms. The molecule has 230 valence electrons. The van der Waals surface area contributed by atoms with Gasteiger partial charge >= 0.3 is 0 Å². The molecule has 10 nitrogen and oxygen atoms in total. The van der Waals surface area contributed by atoms with E-state index in [-0.39, 0.29) is 37.4 Å². The van der Waals surface area contributed by atoms with E-state index < -0.39 is 39.7 Å². The Labute approximate surface area is 249 Å². The maximum absolute atomic E-state index is 14.1. The number of rotatable bonds is 16. The smallest absolute Gasteiger partial charge is 0.243 e. The molecule has 1 heterocycles. The Morgan fingerprint density at radius 3 is 2.38 bits per heavy atom. The molecule has 2 aromatic rings. The topological polar surface area (TPSA) is 143 Å². The van der Waals surface area contributed by atoms with Gasteiger partial charge < -0.3 is 29.4 Å². The number of carbonyl (C=O) groups excluding carboxylic acids is 1. The van der Waals surface area contributed by atoms with E-state index in [0.29, 0.717) is 38.0 Å². The van der Waals surface area contributed by atoms with E-state index in [1.165, 1.54) is 23.5 Å². The number of carbonyl (C=O) groups is 1. The summed E-state index contributed by atoms with van der Waals surface area (Å²) in [4.78, 5) is 13.7. The number of aliphatic hydroxyl groups excluding tert-OH is 1. The van der Waals surface area contributed by atoms with Gasteiger partial charge in [-0.1, -0.05) is 44.2 Å². The average Bonchev–Trinajstić information content (AvgIpc) is 3.53. The number of benzene rings is 2. The van der Waals surface area contributed by atoms with E-state index in [2.05, 4.69) is 6.07 Å². The third-order valence-electron chi connectivity index (χ3n) is 8.47. The van der Waals surface area contributed by atoms with Crippen LogP contribution in [-0.4, -0.2) is 80.4 Å². The van der Waals surface area contributed by atoms with Gasteiger partial charge in [-0.25, -0.2) is 8.42 Å². The van der Waals surface area contributed by atoms with E-state index in [0.717, 1.165) is 10.5 Å². The highest BCUT2D eigenvalue weighted by molar-refractivity contribution is 7.89. The molecule has 3 atom stereocenters. The number of nitriles is 1. The molecular weight excluding hydrogens is 558 g/mol. The molecule has 3 rings (SSSR count). The van der Waals surface area contributed by atoms with E-state index in [9.17, 15) is 28.7 Å². The second kappa shape index (κ2) is 15.3. The van der Waals surface area contributed by atoms with Gasteiger partial charge in [-0.15, -0.1) is 0 Å². The summed E-state index contributed by atoms with van der Waals surface area (Å²) in [6.07, 6.45) is -0.245. The van der Waals surface area contributed by atoms with Crippen molar-refractivity contribution in [1.82, 2.24) is 9.21 Å². The summed E-state index contributed by atoms with van der Waals surface area (Å²) < 4.78 is 40.2. The fraction of sp³-hybridized carbons (Fsp3) is 0.548. The second-order valence-electron chi connectivity index (χ2n) is 10.9. The minimum atomic E-state index is -4.14. The van der Waals surface area contributed by atoms with Crippen LogP contribution in [0.1, 0.15) is 51.5 Å². The Kier molecular flexibility index (Phi) is 12.2. The molecule has 1 aliphatic heterocycles. The van der Waals surface area contributed by atoms with Crippen molar-refractivity contribution >= 4 is 16.1 Å². The van der Waals surface area contributed by atoms with Crippen molar-refractivity contribution in [3.63, 3.8) is 0 Å². The standard InChI is InChI=1S/C31H43N3O7S/c1-4-31(5-2,17-9-18-32)23-33(42(38,39)27-14-12-26(40-3)13-15-27)21-29(35)28(20-24-10-7-6-8-11-24)34(30(36)37)25-16-19-41-22-25/h6-8,10-15,25,28-29,35H,4-5,9,16-17,19-23H2,1-3H3,(H,36,37)/p-1/t25-,28-,29+/m0/s1. The minimum absolute atomic E-state index is 0.0254. The Bertz CT molecular complexity index is 1270. The highest BCUT2D eigenvalue weighted by atomic mass is 32.2. The van der Waals surface area contributed by atoms with Crippen LogP contribution in [0.3, 0.4) is 0 Å². The zero-order chi connectivity index (χ0) is 30.8.